The molecule has 1 amide bonds. The number of hydrazone groups is 1. The molecule has 3 aromatic rings. The number of nitrogens with one attached hydrogen (secondary N) is 2. The molecule has 0 fully saturated rings. The minimum absolute atomic E-state index is 0.176. The van der Waals surface area contributed by atoms with Gasteiger partial charge in [-0.05, 0) is 47.7 Å². The van der Waals surface area contributed by atoms with Crippen LogP contribution in [0.5, 0.6) is 11.5 Å². The van der Waals surface area contributed by atoms with Crippen LogP contribution in [0.2, 0.25) is 5.02 Å². The normalized spacial score (nSPS) is 11.4. The van der Waals surface area contributed by atoms with Crippen LogP contribution in [0.1, 0.15) is 18.1 Å². The maximum absolute atomic E-state index is 12.1. The van der Waals surface area contributed by atoms with Gasteiger partial charge >= 0.3 is 4.34 Å². The van der Waals surface area contributed by atoms with Crippen LogP contribution in [-0.4, -0.2) is 29.6 Å². The van der Waals surface area contributed by atoms with Crippen molar-refractivity contribution in [1.29, 1.82) is 0 Å². The van der Waals surface area contributed by atoms with Gasteiger partial charge in [-0.2, -0.15) is 5.10 Å². The molecule has 0 bridgehead atoms. The summed E-state index contributed by atoms with van der Waals surface area (Å²) in [6.45, 7) is 1.74. The number of methoxy groups -OCH3 is 1. The Kier molecular flexibility index (Phi) is 8.59. The van der Waals surface area contributed by atoms with Gasteiger partial charge in [-0.25, -0.2) is 5.43 Å². The van der Waals surface area contributed by atoms with Crippen molar-refractivity contribution in [2.45, 2.75) is 21.4 Å². The summed E-state index contributed by atoms with van der Waals surface area (Å²) >= 11 is 10.6. The number of thioether (sulfide) groups is 2. The van der Waals surface area contributed by atoms with E-state index in [9.17, 15) is 9.90 Å². The van der Waals surface area contributed by atoms with Crippen molar-refractivity contribution in [1.82, 2.24) is 10.5 Å². The predicted molar refractivity (Wildman–Crippen MR) is 123 cm³/mol. The van der Waals surface area contributed by atoms with Crippen LogP contribution in [0.4, 0.5) is 0 Å². The van der Waals surface area contributed by atoms with E-state index >= 15 is 0 Å². The lowest BCUT2D eigenvalue weighted by molar-refractivity contribution is -0.492. The van der Waals surface area contributed by atoms with Crippen molar-refractivity contribution in [3.05, 3.63) is 58.6 Å². The molecule has 2 aromatic carbocycles. The summed E-state index contributed by atoms with van der Waals surface area (Å²) in [5, 5.41) is 23.6. The molecule has 0 spiro atoms. The first kappa shape index (κ1) is 23.4. The first-order valence-electron chi connectivity index (χ1n) is 9.02. The average molecular weight is 495 g/mol. The van der Waals surface area contributed by atoms with Crippen LogP contribution >= 0.6 is 46.5 Å². The van der Waals surface area contributed by atoms with Gasteiger partial charge < -0.3 is 9.84 Å². The number of nitrogens with zero attached hydrogens (tertiary/aromatic N) is 2. The van der Waals surface area contributed by atoms with Gasteiger partial charge in [-0.1, -0.05) is 64.5 Å². The molecule has 3 rings (SSSR count). The van der Waals surface area contributed by atoms with E-state index in [0.717, 1.165) is 25.0 Å². The Morgan fingerprint density at radius 1 is 1.32 bits per heavy atom. The highest BCUT2D eigenvalue weighted by Crippen LogP contribution is 2.30. The first-order valence-corrected chi connectivity index (χ1v) is 12.2. The highest BCUT2D eigenvalue weighted by atomic mass is 35.5. The van der Waals surface area contributed by atoms with Gasteiger partial charge in [-0.3, -0.25) is 4.79 Å². The summed E-state index contributed by atoms with van der Waals surface area (Å²) in [7, 11) is 1.43. The molecule has 1 aromatic heterocycles. The van der Waals surface area contributed by atoms with Gasteiger partial charge in [0.25, 0.3) is 5.91 Å². The number of aromatic amines is 1. The Balaban J connectivity index is 1.47. The van der Waals surface area contributed by atoms with Crippen molar-refractivity contribution in [3.63, 3.8) is 0 Å². The zero-order valence-corrected chi connectivity index (χ0v) is 19.9. The van der Waals surface area contributed by atoms with E-state index in [1.807, 2.05) is 24.3 Å². The summed E-state index contributed by atoms with van der Waals surface area (Å²) in [5.74, 6) is 0.684. The van der Waals surface area contributed by atoms with Crippen molar-refractivity contribution < 1.29 is 19.7 Å². The quantitative estimate of drug-likeness (QED) is 0.277. The van der Waals surface area contributed by atoms with Crippen molar-refractivity contribution in [3.8, 4) is 11.5 Å². The first-order chi connectivity index (χ1) is 15.0. The molecule has 31 heavy (non-hydrogen) atoms. The fraction of sp³-hybridized carbons (Fsp3) is 0.200. The van der Waals surface area contributed by atoms with Crippen LogP contribution in [0.25, 0.3) is 0 Å². The Morgan fingerprint density at radius 2 is 2.13 bits per heavy atom. The van der Waals surface area contributed by atoms with Crippen LogP contribution in [0, 0.1) is 0 Å². The van der Waals surface area contributed by atoms with E-state index < -0.39 is 0 Å². The number of rotatable bonds is 9. The fourth-order valence-electron chi connectivity index (χ4n) is 2.36. The van der Waals surface area contributed by atoms with Gasteiger partial charge in [0.05, 0.1) is 18.6 Å². The summed E-state index contributed by atoms with van der Waals surface area (Å²) in [6.07, 6.45) is 0. The topological polar surface area (TPSA) is 101 Å². The van der Waals surface area contributed by atoms with E-state index in [1.165, 1.54) is 36.3 Å². The molecular formula is C20H19ClN4O3S3. The molecule has 11 heteroatoms. The largest absolute Gasteiger partial charge is 0.870 e. The second kappa shape index (κ2) is 11.4. The number of hydrogen-bond donors (Lipinski definition) is 1. The number of carbonyl (C=O) groups is 1. The fourth-order valence-corrected chi connectivity index (χ4v) is 5.53. The molecule has 1 heterocycles. The Morgan fingerprint density at radius 3 is 2.90 bits per heavy atom. The van der Waals surface area contributed by atoms with Gasteiger partial charge in [-0.15, -0.1) is 0 Å². The lowest BCUT2D eigenvalue weighted by atomic mass is 10.1. The average Bonchev–Trinajstić information content (AvgIpc) is 3.23. The number of halogens is 1. The lowest BCUT2D eigenvalue weighted by Gasteiger charge is -2.13. The monoisotopic (exact) mass is 494 g/mol. The summed E-state index contributed by atoms with van der Waals surface area (Å²) in [5.41, 5.74) is 4.84. The van der Waals surface area contributed by atoms with Crippen molar-refractivity contribution in [2.24, 2.45) is 5.10 Å². The SMILES string of the molecule is COc1cc(/C(C)=N/NC(=O)CSc2n[nH+]c(SCc3ccccc3Cl)s2)ccc1[O-]. The Hall–Kier alpha value is -2.27. The highest BCUT2D eigenvalue weighted by molar-refractivity contribution is 8.03. The molecule has 162 valence electrons. The van der Waals surface area contributed by atoms with Crippen LogP contribution in [0.15, 0.2) is 56.2 Å². The summed E-state index contributed by atoms with van der Waals surface area (Å²) in [4.78, 5) is 12.1. The standard InChI is InChI=1S/C20H19ClN4O3S3/c1-12(13-7-8-16(26)17(9-13)28-2)22-23-18(27)11-30-20-25-24-19(31-20)29-10-14-5-3-4-6-15(14)21/h3-9,26H,10-11H2,1-2H3,(H,23,27)/b22-12+. The highest BCUT2D eigenvalue weighted by Gasteiger charge is 2.14. The van der Waals surface area contributed by atoms with Gasteiger partial charge in [0.1, 0.15) is 5.75 Å². The number of hydrogen-bond acceptors (Lipinski definition) is 8. The number of ether oxygens (including phenoxy) is 1. The smallest absolute Gasteiger partial charge is 0.323 e. The van der Waals surface area contributed by atoms with Gasteiger partial charge in [0.15, 0.2) is 0 Å². The zero-order valence-electron chi connectivity index (χ0n) is 16.7. The number of benzene rings is 2. The van der Waals surface area contributed by atoms with E-state index in [-0.39, 0.29) is 23.2 Å². The third-order valence-electron chi connectivity index (χ3n) is 3.99. The molecule has 0 saturated heterocycles. The second-order valence-corrected chi connectivity index (χ2v) is 10.0. The maximum atomic E-state index is 12.1. The second-order valence-electron chi connectivity index (χ2n) is 6.15. The van der Waals surface area contributed by atoms with Crippen molar-refractivity contribution in [2.75, 3.05) is 12.9 Å². The maximum Gasteiger partial charge on any atom is 0.323 e. The Bertz CT molecular complexity index is 1090. The number of carbonyl (C=O) groups excluding carboxylic acids is 1. The van der Waals surface area contributed by atoms with E-state index in [0.29, 0.717) is 11.3 Å². The molecule has 2 N–H and O–H groups in total. The van der Waals surface area contributed by atoms with E-state index in [2.05, 4.69) is 20.7 Å². The predicted octanol–water partition coefficient (Wildman–Crippen LogP) is 3.62. The molecule has 7 nitrogen and oxygen atoms in total. The van der Waals surface area contributed by atoms with Crippen molar-refractivity contribution >= 4 is 58.1 Å². The molecule has 0 radical (unpaired) electrons. The zero-order chi connectivity index (χ0) is 22.2. The molecule has 0 unspecified atom stereocenters. The van der Waals surface area contributed by atoms with Crippen LogP contribution in [0.3, 0.4) is 0 Å². The number of H-pyrrole nitrogens is 1. The lowest BCUT2D eigenvalue weighted by Crippen LogP contribution is -2.21. The van der Waals surface area contributed by atoms with Gasteiger partial charge in [0, 0.05) is 21.4 Å². The van der Waals surface area contributed by atoms with Crippen LogP contribution < -0.4 is 20.4 Å². The number of aromatic nitrogens is 2. The third kappa shape index (κ3) is 6.86. The third-order valence-corrected chi connectivity index (χ3v) is 7.66. The Labute approximate surface area is 197 Å². The molecule has 0 saturated carbocycles. The molecule has 0 aliphatic carbocycles. The van der Waals surface area contributed by atoms with Crippen LogP contribution in [-0.2, 0) is 10.5 Å². The van der Waals surface area contributed by atoms with Gasteiger partial charge in [0.2, 0.25) is 4.34 Å². The molecular weight excluding hydrogens is 476 g/mol. The van der Waals surface area contributed by atoms with E-state index in [4.69, 9.17) is 16.3 Å². The molecule has 0 aliphatic rings. The minimum atomic E-state index is -0.253. The minimum Gasteiger partial charge on any atom is -0.870 e. The number of amides is 1. The van der Waals surface area contributed by atoms with E-state index in [1.54, 1.807) is 30.8 Å². The summed E-state index contributed by atoms with van der Waals surface area (Å²) < 4.78 is 6.72. The molecule has 0 atom stereocenters. The molecule has 0 aliphatic heterocycles. The summed E-state index contributed by atoms with van der Waals surface area (Å²) in [6, 6.07) is 12.4.